The number of aliphatic hydroxyl groups excluding tert-OH is 1. The minimum absolute atomic E-state index is 0.183. The molecule has 0 fully saturated rings. The van der Waals surface area contributed by atoms with E-state index in [0.717, 1.165) is 164 Å². The average molecular weight is 2070 g/mol. The topological polar surface area (TPSA) is 198 Å². The van der Waals surface area contributed by atoms with Crippen molar-refractivity contribution in [3.63, 3.8) is 0 Å². The number of hydrogen-bond donors (Lipinski definition) is 5. The molecule has 0 aliphatic heterocycles. The fourth-order valence-corrected chi connectivity index (χ4v) is 18.3. The van der Waals surface area contributed by atoms with Crippen molar-refractivity contribution in [1.82, 2.24) is 0 Å². The molecule has 0 aromatic heterocycles. The van der Waals surface area contributed by atoms with Crippen LogP contribution in [0.25, 0.3) is 44.5 Å². The Balaban J connectivity index is 0.000000230. The van der Waals surface area contributed by atoms with Gasteiger partial charge in [0.25, 0.3) is 0 Å². The Morgan fingerprint density at radius 1 is 0.217 bits per heavy atom. The van der Waals surface area contributed by atoms with E-state index in [-0.39, 0.29) is 33.8 Å². The first kappa shape index (κ1) is 105. The summed E-state index contributed by atoms with van der Waals surface area (Å²) < 4.78 is 17.1. The fourth-order valence-electron chi connectivity index (χ4n) is 18.3. The van der Waals surface area contributed by atoms with E-state index < -0.39 is 18.5 Å². The Morgan fingerprint density at radius 3 is 0.476 bits per heavy atom. The number of aliphatic imine (C=N–C) groups is 4. The third-order valence-corrected chi connectivity index (χ3v) is 25.7. The molecule has 0 saturated carbocycles. The van der Waals surface area contributed by atoms with Crippen LogP contribution in [0.3, 0.4) is 0 Å². The van der Waals surface area contributed by atoms with Gasteiger partial charge in [-0.3, -0.25) is 20.0 Å². The van der Waals surface area contributed by atoms with Crippen LogP contribution in [-0.4, -0.2) is 83.7 Å². The Bertz CT molecular complexity index is 6190. The van der Waals surface area contributed by atoms with Gasteiger partial charge in [-0.2, -0.15) is 0 Å². The Kier molecular flexibility index (Phi) is 34.9. The summed E-state index contributed by atoms with van der Waals surface area (Å²) in [4.78, 5) is 28.2. The molecular formula is C127H132N8O7W. The van der Waals surface area contributed by atoms with Crippen molar-refractivity contribution in [2.45, 2.75) is 138 Å². The van der Waals surface area contributed by atoms with E-state index in [4.69, 9.17) is 31.9 Å². The average Bonchev–Trinajstić information content (AvgIpc) is 0.786. The van der Waals surface area contributed by atoms with Gasteiger partial charge in [-0.15, -0.1) is 0 Å². The number of phenolic OH excluding ortho intramolecular Hbond substituents is 4. The van der Waals surface area contributed by atoms with E-state index in [1.807, 2.05) is 48.5 Å². The maximum atomic E-state index is 11.3. The van der Waals surface area contributed by atoms with Gasteiger partial charge >= 0.3 is 25.3 Å². The number of anilines is 12. The number of aliphatic hydroxyl groups is 1. The Hall–Kier alpha value is -15.2. The molecule has 16 aromatic rings. The number of aromatic hydroxyl groups is 4. The fraction of sp³-hybridized carbons (Fsp3) is 0.213. The Morgan fingerprint density at radius 2 is 0.350 bits per heavy atom. The zero-order valence-electron chi connectivity index (χ0n) is 86.2. The minimum atomic E-state index is -2.25. The van der Waals surface area contributed by atoms with Gasteiger partial charge in [-0.25, -0.2) is 0 Å². The van der Waals surface area contributed by atoms with E-state index in [9.17, 15) is 20.4 Å². The Labute approximate surface area is 854 Å². The molecule has 728 valence electrons. The predicted octanol–water partition coefficient (Wildman–Crippen LogP) is 32.2. The molecule has 16 heteroatoms. The van der Waals surface area contributed by atoms with Crippen LogP contribution >= 0.6 is 0 Å². The van der Waals surface area contributed by atoms with Crippen LogP contribution in [0, 0.1) is 122 Å². The first-order valence-corrected chi connectivity index (χ1v) is 50.8. The molecule has 0 radical (unpaired) electrons. The van der Waals surface area contributed by atoms with Crippen LogP contribution < -0.4 is 19.6 Å². The third-order valence-electron chi connectivity index (χ3n) is 25.7. The summed E-state index contributed by atoms with van der Waals surface area (Å²) >= 11 is -2.25. The second kappa shape index (κ2) is 47.4. The molecule has 0 aliphatic rings. The summed E-state index contributed by atoms with van der Waals surface area (Å²) in [6.45, 7) is 44.5. The van der Waals surface area contributed by atoms with Gasteiger partial charge in [0.15, 0.2) is 0 Å². The summed E-state index contributed by atoms with van der Waals surface area (Å²) in [6.07, 6.45) is 6.99. The summed E-state index contributed by atoms with van der Waals surface area (Å²) in [7, 11) is 1.00. The second-order valence-electron chi connectivity index (χ2n) is 39.2. The predicted molar refractivity (Wildman–Crippen MR) is 596 cm³/mol. The van der Waals surface area contributed by atoms with Crippen molar-refractivity contribution in [3.8, 4) is 67.5 Å². The molecule has 0 atom stereocenters. The molecule has 5 N–H and O–H groups in total. The van der Waals surface area contributed by atoms with Gasteiger partial charge in [0.05, 0.1) is 0 Å². The quantitative estimate of drug-likeness (QED) is 0.0293. The molecule has 0 amide bonds. The van der Waals surface area contributed by atoms with Crippen molar-refractivity contribution in [2.75, 3.05) is 52.9 Å². The van der Waals surface area contributed by atoms with Crippen LogP contribution in [0.5, 0.6) is 23.0 Å². The molecule has 0 aliphatic carbocycles. The van der Waals surface area contributed by atoms with Crippen molar-refractivity contribution < 1.29 is 50.8 Å². The zero-order chi connectivity index (χ0) is 103. The molecule has 0 unspecified atom stereocenters. The van der Waals surface area contributed by atoms with E-state index in [0.29, 0.717) is 48.4 Å². The molecule has 0 heterocycles. The van der Waals surface area contributed by atoms with E-state index in [1.165, 1.54) is 44.5 Å². The van der Waals surface area contributed by atoms with Crippen molar-refractivity contribution in [1.29, 1.82) is 0 Å². The van der Waals surface area contributed by atoms with Crippen molar-refractivity contribution in [3.05, 3.63) is 427 Å². The standard InChI is InChI=1S/2C63H64N4O2.CH4O.2O.W/c2*1-41-11-23-53(24-12-41)66(54-25-13-42(2)14-26-54)57-31-45(5)61(46(6)32-57)49-19-21-51(59(68)35-49)37-64-39-63(9,10)40-65-38-52-22-20-50(36-60(52)69)62-47(7)33-58(34-48(62)8)67(55-27-15-43(3)16-28-55)56-29-17-44(4)18-30-56;1-2;;;/h2*11-38,68-69H,39-40H2,1-10H3;2H,1H3;;;. The molecule has 0 bridgehead atoms. The van der Waals surface area contributed by atoms with E-state index >= 15 is 0 Å². The number of benzene rings is 16. The molecular weight excluding hydrogens is 1930 g/mol. The van der Waals surface area contributed by atoms with Crippen LogP contribution in [0.1, 0.15) is 139 Å². The summed E-state index contributed by atoms with van der Waals surface area (Å²) in [5.41, 5.74) is 42.2. The number of aryl methyl sites for hydroxylation is 16. The first-order chi connectivity index (χ1) is 68.5. The first-order valence-electron chi connectivity index (χ1n) is 48.4. The van der Waals surface area contributed by atoms with Gasteiger partial charge in [0, 0.05) is 159 Å². The summed E-state index contributed by atoms with van der Waals surface area (Å²) in [6, 6.07) is 110. The maximum absolute atomic E-state index is 11.3. The van der Waals surface area contributed by atoms with Gasteiger partial charge in [0.2, 0.25) is 0 Å². The van der Waals surface area contributed by atoms with E-state index in [2.05, 4.69) is 425 Å². The van der Waals surface area contributed by atoms with Crippen molar-refractivity contribution >= 4 is 93.1 Å². The number of nitrogens with zero attached hydrogens (tertiary/aromatic N) is 8. The normalized spacial score (nSPS) is 11.5. The van der Waals surface area contributed by atoms with Crippen molar-refractivity contribution in [2.24, 2.45) is 30.8 Å². The molecule has 15 nitrogen and oxygen atoms in total. The molecule has 16 rings (SSSR count). The number of rotatable bonds is 28. The monoisotopic (exact) mass is 2060 g/mol. The number of phenols is 4. The second-order valence-corrected chi connectivity index (χ2v) is 39.7. The van der Waals surface area contributed by atoms with Crippen LogP contribution in [0.2, 0.25) is 0 Å². The van der Waals surface area contributed by atoms with Gasteiger partial charge in [-0.1, -0.05) is 194 Å². The number of hydrogen-bond acceptors (Lipinski definition) is 15. The van der Waals surface area contributed by atoms with Crippen LogP contribution in [0.15, 0.2) is 335 Å². The summed E-state index contributed by atoms with van der Waals surface area (Å²) in [5.74, 6) is 0.732. The SMILES string of the molecule is CO.Cc1ccc(N(c2ccc(C)cc2)c2cc(C)c(-c3ccc(C=NCC(C)(C)CN=Cc4ccc(-c5c(C)cc(N(c6ccc(C)cc6)c6ccc(C)cc6)cc5C)cc4O)c(O)c3)c(C)c2)cc1.Cc1ccc(N(c2ccc(C)cc2)c2cc(C)c(-c3ccc(C=NCC(C)(C)CN=Cc4ccc(-c5c(C)cc(N(c6ccc(C)cc6)c6ccc(C)cc6)cc5C)cc4O)c(O)c3)c(C)c2)cc1.[O]=[W]=[O]. The molecule has 0 spiro atoms. The molecule has 16 aromatic carbocycles. The van der Waals surface area contributed by atoms with Crippen LogP contribution in [-0.2, 0) is 25.3 Å². The molecule has 0 saturated heterocycles. The summed E-state index contributed by atoms with van der Waals surface area (Å²) in [5, 5.41) is 52.0. The zero-order valence-corrected chi connectivity index (χ0v) is 89.1. The molecule has 143 heavy (non-hydrogen) atoms. The van der Waals surface area contributed by atoms with Gasteiger partial charge < -0.3 is 45.1 Å². The van der Waals surface area contributed by atoms with Gasteiger partial charge in [-0.05, 0) is 394 Å². The van der Waals surface area contributed by atoms with E-state index in [1.54, 1.807) is 24.9 Å². The van der Waals surface area contributed by atoms with Crippen LogP contribution in [0.4, 0.5) is 68.2 Å². The third kappa shape index (κ3) is 26.6. The van der Waals surface area contributed by atoms with Gasteiger partial charge in [0.1, 0.15) is 23.0 Å².